The van der Waals surface area contributed by atoms with E-state index in [1.54, 1.807) is 11.8 Å². The minimum absolute atomic E-state index is 0.690. The Hall–Kier alpha value is -2.50. The van der Waals surface area contributed by atoms with Gasteiger partial charge in [-0.15, -0.1) is 0 Å². The van der Waals surface area contributed by atoms with Crippen LogP contribution in [0.3, 0.4) is 0 Å². The predicted octanol–water partition coefficient (Wildman–Crippen LogP) is 5.38. The molecular weight excluding hydrogens is 274 g/mol. The van der Waals surface area contributed by atoms with Crippen LogP contribution in [0.1, 0.15) is 5.56 Å². The summed E-state index contributed by atoms with van der Waals surface area (Å²) in [5.74, 6) is 0. The highest BCUT2D eigenvalue weighted by Crippen LogP contribution is 2.35. The molecule has 0 aliphatic carbocycles. The van der Waals surface area contributed by atoms with Crippen molar-refractivity contribution in [3.63, 3.8) is 0 Å². The number of nitriles is 1. The van der Waals surface area contributed by atoms with Gasteiger partial charge in [0, 0.05) is 9.79 Å². The molecule has 0 N–H and O–H groups in total. The van der Waals surface area contributed by atoms with Crippen LogP contribution in [0.5, 0.6) is 0 Å². The lowest BCUT2D eigenvalue weighted by molar-refractivity contribution is 1.38. The molecule has 0 bridgehead atoms. The molecule has 0 amide bonds. The van der Waals surface area contributed by atoms with Crippen LogP contribution in [0.25, 0.3) is 11.1 Å². The van der Waals surface area contributed by atoms with Crippen LogP contribution in [-0.2, 0) is 0 Å². The Balaban J connectivity index is 1.94. The molecule has 21 heavy (non-hydrogen) atoms. The lowest BCUT2D eigenvalue weighted by atomic mass is 10.1. The predicted molar refractivity (Wildman–Crippen MR) is 87.2 cm³/mol. The zero-order valence-corrected chi connectivity index (χ0v) is 12.2. The maximum absolute atomic E-state index is 8.85. The fourth-order valence-electron chi connectivity index (χ4n) is 2.14. The fourth-order valence-corrected chi connectivity index (χ4v) is 3.10. The molecule has 0 aliphatic rings. The Bertz CT molecular complexity index is 771. The van der Waals surface area contributed by atoms with E-state index < -0.39 is 0 Å². The molecule has 0 saturated carbocycles. The average Bonchev–Trinajstić information content (AvgIpc) is 2.57. The molecule has 3 aromatic carbocycles. The van der Waals surface area contributed by atoms with Crippen molar-refractivity contribution in [1.82, 2.24) is 0 Å². The molecule has 0 saturated heterocycles. The molecule has 0 heterocycles. The van der Waals surface area contributed by atoms with E-state index in [4.69, 9.17) is 5.26 Å². The molecule has 3 rings (SSSR count). The van der Waals surface area contributed by atoms with E-state index in [-0.39, 0.29) is 0 Å². The third kappa shape index (κ3) is 3.16. The molecule has 100 valence electrons. The maximum Gasteiger partial charge on any atom is 0.0991 e. The summed E-state index contributed by atoms with van der Waals surface area (Å²) in [7, 11) is 0. The first-order valence-corrected chi connectivity index (χ1v) is 7.51. The second kappa shape index (κ2) is 6.30. The molecule has 0 atom stereocenters. The normalized spacial score (nSPS) is 10.0. The largest absolute Gasteiger partial charge is 0.192 e. The zero-order chi connectivity index (χ0) is 14.5. The number of hydrogen-bond acceptors (Lipinski definition) is 2. The first kappa shape index (κ1) is 13.5. The Morgan fingerprint density at radius 3 is 2.10 bits per heavy atom. The summed E-state index contributed by atoms with van der Waals surface area (Å²) in [6.45, 7) is 0. The van der Waals surface area contributed by atoms with Crippen molar-refractivity contribution in [2.75, 3.05) is 0 Å². The van der Waals surface area contributed by atoms with Crippen LogP contribution in [0, 0.1) is 11.3 Å². The molecule has 0 aromatic heterocycles. The summed E-state index contributed by atoms with van der Waals surface area (Å²) in [6, 6.07) is 28.6. The van der Waals surface area contributed by atoms with E-state index in [0.29, 0.717) is 5.56 Å². The van der Waals surface area contributed by atoms with Crippen molar-refractivity contribution in [2.45, 2.75) is 9.79 Å². The first-order valence-electron chi connectivity index (χ1n) is 6.69. The van der Waals surface area contributed by atoms with Crippen molar-refractivity contribution in [3.05, 3.63) is 84.4 Å². The van der Waals surface area contributed by atoms with E-state index >= 15 is 0 Å². The minimum Gasteiger partial charge on any atom is -0.192 e. The lowest BCUT2D eigenvalue weighted by Gasteiger charge is -2.09. The first-order chi connectivity index (χ1) is 10.4. The SMILES string of the molecule is N#Cc1ccc(Sc2ccccc2-c2ccccc2)cc1. The summed E-state index contributed by atoms with van der Waals surface area (Å²) >= 11 is 1.72. The third-order valence-electron chi connectivity index (χ3n) is 3.18. The van der Waals surface area contributed by atoms with Gasteiger partial charge in [-0.25, -0.2) is 0 Å². The summed E-state index contributed by atoms with van der Waals surface area (Å²) in [4.78, 5) is 2.35. The Morgan fingerprint density at radius 2 is 1.38 bits per heavy atom. The number of benzene rings is 3. The Labute approximate surface area is 128 Å². The van der Waals surface area contributed by atoms with Crippen LogP contribution >= 0.6 is 11.8 Å². The molecule has 3 aromatic rings. The molecule has 1 nitrogen and oxygen atoms in total. The van der Waals surface area contributed by atoms with Crippen molar-refractivity contribution in [3.8, 4) is 17.2 Å². The topological polar surface area (TPSA) is 23.8 Å². The van der Waals surface area contributed by atoms with Gasteiger partial charge in [0.15, 0.2) is 0 Å². The molecule has 0 aliphatic heterocycles. The van der Waals surface area contributed by atoms with Crippen LogP contribution in [0.2, 0.25) is 0 Å². The smallest absolute Gasteiger partial charge is 0.0991 e. The molecule has 0 radical (unpaired) electrons. The Kier molecular flexibility index (Phi) is 4.04. The summed E-state index contributed by atoms with van der Waals surface area (Å²) < 4.78 is 0. The van der Waals surface area contributed by atoms with Gasteiger partial charge in [0.2, 0.25) is 0 Å². The summed E-state index contributed by atoms with van der Waals surface area (Å²) in [5, 5.41) is 8.85. The standard InChI is InChI=1S/C19H13NS/c20-14-15-10-12-17(13-11-15)21-19-9-5-4-8-18(19)16-6-2-1-3-7-16/h1-13H. The minimum atomic E-state index is 0.690. The fraction of sp³-hybridized carbons (Fsp3) is 0. The van der Waals surface area contributed by atoms with Gasteiger partial charge in [-0.05, 0) is 41.5 Å². The van der Waals surface area contributed by atoms with Crippen molar-refractivity contribution >= 4 is 11.8 Å². The number of hydrogen-bond donors (Lipinski definition) is 0. The van der Waals surface area contributed by atoms with Crippen molar-refractivity contribution < 1.29 is 0 Å². The highest BCUT2D eigenvalue weighted by molar-refractivity contribution is 7.99. The average molecular weight is 287 g/mol. The summed E-state index contributed by atoms with van der Waals surface area (Å²) in [5.41, 5.74) is 3.14. The highest BCUT2D eigenvalue weighted by Gasteiger charge is 2.06. The molecule has 0 fully saturated rings. The van der Waals surface area contributed by atoms with E-state index in [2.05, 4.69) is 54.6 Å². The molecular formula is C19H13NS. The molecule has 0 unspecified atom stereocenters. The zero-order valence-electron chi connectivity index (χ0n) is 11.4. The van der Waals surface area contributed by atoms with Crippen LogP contribution in [-0.4, -0.2) is 0 Å². The van der Waals surface area contributed by atoms with Crippen LogP contribution in [0.4, 0.5) is 0 Å². The maximum atomic E-state index is 8.85. The quantitative estimate of drug-likeness (QED) is 0.646. The third-order valence-corrected chi connectivity index (χ3v) is 4.27. The van der Waals surface area contributed by atoms with Gasteiger partial charge in [-0.1, -0.05) is 60.3 Å². The van der Waals surface area contributed by atoms with E-state index in [9.17, 15) is 0 Å². The summed E-state index contributed by atoms with van der Waals surface area (Å²) in [6.07, 6.45) is 0. The highest BCUT2D eigenvalue weighted by atomic mass is 32.2. The van der Waals surface area contributed by atoms with Gasteiger partial charge in [-0.3, -0.25) is 0 Å². The Morgan fingerprint density at radius 1 is 0.714 bits per heavy atom. The van der Waals surface area contributed by atoms with Gasteiger partial charge in [0.1, 0.15) is 0 Å². The molecule has 2 heteroatoms. The van der Waals surface area contributed by atoms with Crippen LogP contribution in [0.15, 0.2) is 88.7 Å². The van der Waals surface area contributed by atoms with Crippen molar-refractivity contribution in [1.29, 1.82) is 5.26 Å². The van der Waals surface area contributed by atoms with Gasteiger partial charge in [0.25, 0.3) is 0 Å². The number of nitrogens with zero attached hydrogens (tertiary/aromatic N) is 1. The number of rotatable bonds is 3. The van der Waals surface area contributed by atoms with Gasteiger partial charge in [-0.2, -0.15) is 5.26 Å². The van der Waals surface area contributed by atoms with Crippen LogP contribution < -0.4 is 0 Å². The second-order valence-corrected chi connectivity index (χ2v) is 5.72. The van der Waals surface area contributed by atoms with Gasteiger partial charge < -0.3 is 0 Å². The van der Waals surface area contributed by atoms with E-state index in [0.717, 1.165) is 4.90 Å². The van der Waals surface area contributed by atoms with E-state index in [1.807, 2.05) is 30.3 Å². The van der Waals surface area contributed by atoms with Gasteiger partial charge >= 0.3 is 0 Å². The van der Waals surface area contributed by atoms with E-state index in [1.165, 1.54) is 16.0 Å². The monoisotopic (exact) mass is 287 g/mol. The molecule has 0 spiro atoms. The second-order valence-electron chi connectivity index (χ2n) is 4.60. The lowest BCUT2D eigenvalue weighted by Crippen LogP contribution is -1.82. The van der Waals surface area contributed by atoms with Crippen molar-refractivity contribution in [2.24, 2.45) is 0 Å². The van der Waals surface area contributed by atoms with Gasteiger partial charge in [0.05, 0.1) is 11.6 Å².